The number of ketones is 1. The second-order valence-electron chi connectivity index (χ2n) is 9.99. The highest BCUT2D eigenvalue weighted by Crippen LogP contribution is 2.45. The highest BCUT2D eigenvalue weighted by atomic mass is 32.1. The second-order valence-corrected chi connectivity index (χ2v) is 11.0. The fraction of sp³-hybridized carbons (Fsp3) is 0.414. The van der Waals surface area contributed by atoms with Gasteiger partial charge in [-0.2, -0.15) is 0 Å². The molecule has 0 bridgehead atoms. The lowest BCUT2D eigenvalue weighted by molar-refractivity contribution is 0.0822. The Bertz CT molecular complexity index is 1250. The maximum atomic E-state index is 14.2. The Morgan fingerprint density at radius 2 is 1.86 bits per heavy atom. The maximum Gasteiger partial charge on any atom is 0.252 e. The van der Waals surface area contributed by atoms with Crippen molar-refractivity contribution in [2.24, 2.45) is 0 Å². The molecule has 2 aromatic carbocycles. The molecule has 1 saturated carbocycles. The summed E-state index contributed by atoms with van der Waals surface area (Å²) in [6.07, 6.45) is 5.23. The van der Waals surface area contributed by atoms with Gasteiger partial charge in [-0.25, -0.2) is 4.98 Å². The molecule has 35 heavy (non-hydrogen) atoms. The van der Waals surface area contributed by atoms with E-state index in [1.165, 1.54) is 0 Å². The van der Waals surface area contributed by atoms with Gasteiger partial charge in [0.25, 0.3) is 5.91 Å². The molecule has 2 atom stereocenters. The van der Waals surface area contributed by atoms with E-state index in [4.69, 9.17) is 4.98 Å². The van der Waals surface area contributed by atoms with E-state index in [-0.39, 0.29) is 17.7 Å². The predicted octanol–water partition coefficient (Wildman–Crippen LogP) is 5.74. The molecule has 5 rings (SSSR count). The minimum absolute atomic E-state index is 0.0947. The van der Waals surface area contributed by atoms with E-state index >= 15 is 0 Å². The van der Waals surface area contributed by atoms with E-state index < -0.39 is 6.04 Å². The quantitative estimate of drug-likeness (QED) is 0.417. The second kappa shape index (κ2) is 10.0. The Morgan fingerprint density at radius 3 is 2.57 bits per heavy atom. The maximum absolute atomic E-state index is 14.2. The molecule has 0 radical (unpaired) electrons. The van der Waals surface area contributed by atoms with Gasteiger partial charge in [-0.1, -0.05) is 48.4 Å². The number of Topliss-reactive ketones (excluding diaryl/α,β-unsaturated/α-hetero) is 1. The number of thiazole rings is 1. The van der Waals surface area contributed by atoms with Crippen LogP contribution >= 0.6 is 11.3 Å². The number of hydrogen-bond acceptors (Lipinski definition) is 5. The fourth-order valence-corrected chi connectivity index (χ4v) is 6.10. The number of hydrogen-bond donors (Lipinski definition) is 2. The molecule has 1 aromatic heterocycles. The highest BCUT2D eigenvalue weighted by Gasteiger charge is 2.37. The third kappa shape index (κ3) is 5.09. The number of nitrogens with zero attached hydrogens (tertiary/aromatic N) is 1. The van der Waals surface area contributed by atoms with Gasteiger partial charge in [0.1, 0.15) is 11.7 Å². The molecule has 2 fully saturated rings. The number of carbonyl (C=O) groups excluding carboxylic acids is 2. The topological polar surface area (TPSA) is 71.1 Å². The zero-order chi connectivity index (χ0) is 24.5. The molecule has 1 aliphatic heterocycles. The smallest absolute Gasteiger partial charge is 0.252 e. The van der Waals surface area contributed by atoms with Crippen molar-refractivity contribution in [1.82, 2.24) is 15.6 Å². The first-order valence-electron chi connectivity index (χ1n) is 12.6. The zero-order valence-electron chi connectivity index (χ0n) is 20.7. The summed E-state index contributed by atoms with van der Waals surface area (Å²) in [6, 6.07) is 13.2. The van der Waals surface area contributed by atoms with Crippen LogP contribution in [0.25, 0.3) is 10.4 Å². The van der Waals surface area contributed by atoms with Crippen molar-refractivity contribution >= 4 is 23.0 Å². The van der Waals surface area contributed by atoms with Crippen molar-refractivity contribution in [2.75, 3.05) is 6.54 Å². The van der Waals surface area contributed by atoms with Gasteiger partial charge in [-0.05, 0) is 75.8 Å². The van der Waals surface area contributed by atoms with Gasteiger partial charge in [0.15, 0.2) is 0 Å². The van der Waals surface area contributed by atoms with Crippen LogP contribution in [-0.4, -0.2) is 35.3 Å². The zero-order valence-corrected chi connectivity index (χ0v) is 21.5. The van der Waals surface area contributed by atoms with Gasteiger partial charge >= 0.3 is 0 Å². The molecule has 3 aromatic rings. The van der Waals surface area contributed by atoms with Crippen LogP contribution in [0.4, 0.5) is 0 Å². The van der Waals surface area contributed by atoms with Crippen LogP contribution in [0.1, 0.15) is 80.6 Å². The summed E-state index contributed by atoms with van der Waals surface area (Å²) in [5.41, 5.74) is 5.30. The van der Waals surface area contributed by atoms with Crippen LogP contribution in [0.3, 0.4) is 0 Å². The van der Waals surface area contributed by atoms with Crippen molar-refractivity contribution in [3.05, 3.63) is 75.4 Å². The first-order chi connectivity index (χ1) is 16.9. The number of nitrogens with one attached hydrogen (secondary N) is 2. The van der Waals surface area contributed by atoms with Gasteiger partial charge in [0, 0.05) is 17.5 Å². The predicted molar refractivity (Wildman–Crippen MR) is 141 cm³/mol. The van der Waals surface area contributed by atoms with Crippen LogP contribution in [0.5, 0.6) is 0 Å². The first kappa shape index (κ1) is 23.9. The van der Waals surface area contributed by atoms with Gasteiger partial charge in [0.05, 0.1) is 9.88 Å². The van der Waals surface area contributed by atoms with E-state index in [1.807, 2.05) is 38.1 Å². The number of rotatable bonds is 7. The molecule has 1 unspecified atom stereocenters. The lowest BCUT2D eigenvalue weighted by atomic mass is 9.92. The summed E-state index contributed by atoms with van der Waals surface area (Å²) in [6.45, 7) is 6.87. The Morgan fingerprint density at radius 1 is 1.06 bits per heavy atom. The number of benzene rings is 2. The van der Waals surface area contributed by atoms with E-state index in [1.54, 1.807) is 11.3 Å². The van der Waals surface area contributed by atoms with Gasteiger partial charge < -0.3 is 10.6 Å². The van der Waals surface area contributed by atoms with Crippen molar-refractivity contribution in [2.45, 2.75) is 70.9 Å². The lowest BCUT2D eigenvalue weighted by Gasteiger charge is -2.31. The van der Waals surface area contributed by atoms with E-state index in [2.05, 4.69) is 35.8 Å². The number of aryl methyl sites for hydroxylation is 2. The fourth-order valence-electron chi connectivity index (χ4n) is 4.87. The monoisotopic (exact) mass is 487 g/mol. The molecule has 1 aliphatic carbocycles. The molecule has 2 N–H and O–H groups in total. The van der Waals surface area contributed by atoms with Crippen LogP contribution in [0, 0.1) is 20.8 Å². The summed E-state index contributed by atoms with van der Waals surface area (Å²) in [5.74, 6) is 0.162. The summed E-state index contributed by atoms with van der Waals surface area (Å²) >= 11 is 1.64. The van der Waals surface area contributed by atoms with Crippen LogP contribution in [0.15, 0.2) is 42.5 Å². The Labute approximate surface area is 211 Å². The molecule has 1 saturated heterocycles. The largest absolute Gasteiger partial charge is 0.340 e. The van der Waals surface area contributed by atoms with E-state index in [0.29, 0.717) is 17.2 Å². The summed E-state index contributed by atoms with van der Waals surface area (Å²) < 4.78 is 0. The van der Waals surface area contributed by atoms with E-state index in [9.17, 15) is 9.59 Å². The summed E-state index contributed by atoms with van der Waals surface area (Å²) in [5, 5.41) is 7.67. The van der Waals surface area contributed by atoms with Crippen molar-refractivity contribution in [3.63, 3.8) is 0 Å². The minimum Gasteiger partial charge on any atom is -0.340 e. The van der Waals surface area contributed by atoms with Crippen molar-refractivity contribution in [3.8, 4) is 10.4 Å². The number of carbonyl (C=O) groups is 2. The van der Waals surface area contributed by atoms with Crippen LogP contribution in [-0.2, 0) is 0 Å². The van der Waals surface area contributed by atoms with Crippen LogP contribution < -0.4 is 10.6 Å². The normalized spacial score (nSPS) is 18.8. The van der Waals surface area contributed by atoms with E-state index in [0.717, 1.165) is 70.8 Å². The standard InChI is InChI=1S/C29H33N3O2S/c1-17-8-6-10-21(16-17)27-25(32-29(35-27)20-13-14-20)26(33)24(23-12-4-5-15-30-23)31-28(34)22-11-7-9-18(2)19(22)3/h6-11,16,20,23-24,30H,4-5,12-15H2,1-3H3,(H,31,34)/t23?,24-/m0/s1. The van der Waals surface area contributed by atoms with Gasteiger partial charge in [-0.15, -0.1) is 11.3 Å². The molecule has 0 spiro atoms. The number of amides is 1. The molecule has 2 heterocycles. The van der Waals surface area contributed by atoms with Crippen molar-refractivity contribution in [1.29, 1.82) is 0 Å². The summed E-state index contributed by atoms with van der Waals surface area (Å²) in [4.78, 5) is 33.4. The lowest BCUT2D eigenvalue weighted by Crippen LogP contribution is -2.56. The molecule has 6 heteroatoms. The van der Waals surface area contributed by atoms with Crippen LogP contribution in [0.2, 0.25) is 0 Å². The van der Waals surface area contributed by atoms with Gasteiger partial charge in [-0.3, -0.25) is 9.59 Å². The number of piperidine rings is 1. The minimum atomic E-state index is -0.666. The average Bonchev–Trinajstić information content (AvgIpc) is 3.62. The molecule has 5 nitrogen and oxygen atoms in total. The molecule has 2 aliphatic rings. The average molecular weight is 488 g/mol. The number of aromatic nitrogens is 1. The third-order valence-corrected chi connectivity index (χ3v) is 8.52. The Kier molecular flexibility index (Phi) is 6.85. The highest BCUT2D eigenvalue weighted by molar-refractivity contribution is 7.15. The van der Waals surface area contributed by atoms with Gasteiger partial charge in [0.2, 0.25) is 5.78 Å². The molecular formula is C29H33N3O2S. The molecular weight excluding hydrogens is 454 g/mol. The van der Waals surface area contributed by atoms with Crippen molar-refractivity contribution < 1.29 is 9.59 Å². The first-order valence-corrected chi connectivity index (χ1v) is 13.5. The summed E-state index contributed by atoms with van der Waals surface area (Å²) in [7, 11) is 0. The Hall–Kier alpha value is -2.83. The Balaban J connectivity index is 1.52. The molecule has 1 amide bonds. The SMILES string of the molecule is Cc1cccc(-c2sc(C3CC3)nc2C(=O)[C@@H](NC(=O)c2cccc(C)c2C)C2CCCCN2)c1. The third-order valence-electron chi connectivity index (χ3n) is 7.25. The molecule has 182 valence electrons.